The molecule has 1 fully saturated rings. The predicted molar refractivity (Wildman–Crippen MR) is 90.4 cm³/mol. The Hall–Kier alpha value is -1.69. The molecule has 3 rings (SSSR count). The number of thiophene rings is 1. The van der Waals surface area contributed by atoms with Gasteiger partial charge in [0.15, 0.2) is 0 Å². The molecule has 0 bridgehead atoms. The van der Waals surface area contributed by atoms with E-state index in [1.54, 1.807) is 22.6 Å². The quantitative estimate of drug-likeness (QED) is 0.873. The number of aromatic nitrogens is 2. The molecule has 6 heteroatoms. The Kier molecular flexibility index (Phi) is 4.29. The van der Waals surface area contributed by atoms with Crippen LogP contribution in [0.4, 0.5) is 5.82 Å². The third kappa shape index (κ3) is 2.79. The molecule has 22 heavy (non-hydrogen) atoms. The number of carbonyl (C=O) groups is 1. The number of hydrogen-bond donors (Lipinski definition) is 0. The van der Waals surface area contributed by atoms with Crippen LogP contribution in [0.25, 0.3) is 10.2 Å². The lowest BCUT2D eigenvalue weighted by molar-refractivity contribution is -0.133. The molecule has 118 valence electrons. The molecule has 0 aromatic carbocycles. The molecule has 1 saturated heterocycles. The number of rotatable bonds is 3. The largest absolute Gasteiger partial charge is 0.355 e. The van der Waals surface area contributed by atoms with Crippen molar-refractivity contribution in [2.24, 2.45) is 5.92 Å². The van der Waals surface area contributed by atoms with Crippen molar-refractivity contribution in [2.45, 2.75) is 26.2 Å². The van der Waals surface area contributed by atoms with Gasteiger partial charge in [-0.3, -0.25) is 4.79 Å². The van der Waals surface area contributed by atoms with Crippen molar-refractivity contribution < 1.29 is 4.79 Å². The van der Waals surface area contributed by atoms with E-state index in [0.717, 1.165) is 48.4 Å². The third-order valence-corrected chi connectivity index (χ3v) is 5.41. The van der Waals surface area contributed by atoms with E-state index in [1.807, 2.05) is 14.1 Å². The third-order valence-electron chi connectivity index (χ3n) is 4.22. The van der Waals surface area contributed by atoms with Crippen molar-refractivity contribution in [3.8, 4) is 0 Å². The van der Waals surface area contributed by atoms with Crippen LogP contribution in [0.2, 0.25) is 0 Å². The van der Waals surface area contributed by atoms with Crippen molar-refractivity contribution in [3.63, 3.8) is 0 Å². The van der Waals surface area contributed by atoms with Crippen LogP contribution >= 0.6 is 11.3 Å². The first-order valence-electron chi connectivity index (χ1n) is 7.79. The number of piperidine rings is 1. The smallest absolute Gasteiger partial charge is 0.226 e. The van der Waals surface area contributed by atoms with Gasteiger partial charge in [-0.2, -0.15) is 0 Å². The minimum atomic E-state index is 0.0676. The molecule has 2 aromatic heterocycles. The van der Waals surface area contributed by atoms with E-state index >= 15 is 0 Å². The van der Waals surface area contributed by atoms with Gasteiger partial charge in [0, 0.05) is 32.1 Å². The summed E-state index contributed by atoms with van der Waals surface area (Å²) in [6.45, 7) is 3.87. The number of aryl methyl sites for hydroxylation is 1. The second kappa shape index (κ2) is 6.20. The molecule has 0 radical (unpaired) electrons. The van der Waals surface area contributed by atoms with E-state index in [-0.39, 0.29) is 11.8 Å². The monoisotopic (exact) mass is 318 g/mol. The van der Waals surface area contributed by atoms with E-state index < -0.39 is 0 Å². The van der Waals surface area contributed by atoms with Crippen molar-refractivity contribution in [1.82, 2.24) is 14.9 Å². The molecule has 0 spiro atoms. The van der Waals surface area contributed by atoms with Gasteiger partial charge in [-0.05, 0) is 25.3 Å². The van der Waals surface area contributed by atoms with Gasteiger partial charge in [-0.25, -0.2) is 9.97 Å². The lowest BCUT2D eigenvalue weighted by Gasteiger charge is -2.34. The summed E-state index contributed by atoms with van der Waals surface area (Å²) in [7, 11) is 3.66. The molecule has 0 saturated carbocycles. The van der Waals surface area contributed by atoms with E-state index in [9.17, 15) is 4.79 Å². The standard InChI is InChI=1S/C16H22N4OS/c1-4-12-8-13-14(17-10-18-15(13)22-12)20-7-5-6-11(9-20)16(21)19(2)3/h8,10-11H,4-7,9H2,1-3H3. The predicted octanol–water partition coefficient (Wildman–Crippen LogP) is 2.56. The Morgan fingerprint density at radius 3 is 3.00 bits per heavy atom. The molecule has 3 heterocycles. The second-order valence-electron chi connectivity index (χ2n) is 6.00. The SMILES string of the molecule is CCc1cc2c(N3CCCC(C(=O)N(C)C)C3)ncnc2s1. The highest BCUT2D eigenvalue weighted by Crippen LogP contribution is 2.32. The number of anilines is 1. The van der Waals surface area contributed by atoms with Crippen LogP contribution in [0, 0.1) is 5.92 Å². The molecule has 1 aliphatic rings. The molecule has 0 N–H and O–H groups in total. The lowest BCUT2D eigenvalue weighted by atomic mass is 9.96. The lowest BCUT2D eigenvalue weighted by Crippen LogP contribution is -2.43. The van der Waals surface area contributed by atoms with Crippen molar-refractivity contribution >= 4 is 33.3 Å². The van der Waals surface area contributed by atoms with Gasteiger partial charge in [0.2, 0.25) is 5.91 Å². The van der Waals surface area contributed by atoms with Crippen molar-refractivity contribution in [1.29, 1.82) is 0 Å². The molecule has 1 unspecified atom stereocenters. The minimum Gasteiger partial charge on any atom is -0.355 e. The summed E-state index contributed by atoms with van der Waals surface area (Å²) in [5.41, 5.74) is 0. The molecule has 2 aromatic rings. The number of fused-ring (bicyclic) bond motifs is 1. The van der Waals surface area contributed by atoms with E-state index in [0.29, 0.717) is 0 Å². The fraction of sp³-hybridized carbons (Fsp3) is 0.562. The Morgan fingerprint density at radius 1 is 1.45 bits per heavy atom. The van der Waals surface area contributed by atoms with Crippen LogP contribution in [-0.4, -0.2) is 48.0 Å². The van der Waals surface area contributed by atoms with E-state index in [4.69, 9.17) is 0 Å². The van der Waals surface area contributed by atoms with Crippen LogP contribution in [0.1, 0.15) is 24.6 Å². The minimum absolute atomic E-state index is 0.0676. The Labute approximate surface area is 135 Å². The number of nitrogens with zero attached hydrogens (tertiary/aromatic N) is 4. The first-order chi connectivity index (χ1) is 10.6. The van der Waals surface area contributed by atoms with Crippen LogP contribution in [0.3, 0.4) is 0 Å². The summed E-state index contributed by atoms with van der Waals surface area (Å²) >= 11 is 1.73. The van der Waals surface area contributed by atoms with Crippen molar-refractivity contribution in [2.75, 3.05) is 32.1 Å². The highest BCUT2D eigenvalue weighted by molar-refractivity contribution is 7.18. The fourth-order valence-electron chi connectivity index (χ4n) is 3.06. The Balaban J connectivity index is 1.90. The number of carbonyl (C=O) groups excluding carboxylic acids is 1. The second-order valence-corrected chi connectivity index (χ2v) is 7.12. The van der Waals surface area contributed by atoms with Gasteiger partial charge in [-0.15, -0.1) is 11.3 Å². The maximum atomic E-state index is 12.3. The van der Waals surface area contributed by atoms with Crippen LogP contribution in [0.5, 0.6) is 0 Å². The summed E-state index contributed by atoms with van der Waals surface area (Å²) in [6, 6.07) is 2.20. The van der Waals surface area contributed by atoms with E-state index in [1.165, 1.54) is 4.88 Å². The van der Waals surface area contributed by atoms with Gasteiger partial charge >= 0.3 is 0 Å². The zero-order valence-electron chi connectivity index (χ0n) is 13.4. The zero-order valence-corrected chi connectivity index (χ0v) is 14.2. The normalized spacial score (nSPS) is 18.7. The Morgan fingerprint density at radius 2 is 2.27 bits per heavy atom. The summed E-state index contributed by atoms with van der Waals surface area (Å²) < 4.78 is 0. The van der Waals surface area contributed by atoms with Crippen molar-refractivity contribution in [3.05, 3.63) is 17.3 Å². The van der Waals surface area contributed by atoms with Gasteiger partial charge in [-0.1, -0.05) is 6.92 Å². The molecule has 1 atom stereocenters. The topological polar surface area (TPSA) is 49.3 Å². The highest BCUT2D eigenvalue weighted by Gasteiger charge is 2.28. The van der Waals surface area contributed by atoms with Crippen LogP contribution < -0.4 is 4.90 Å². The fourth-order valence-corrected chi connectivity index (χ4v) is 3.98. The average Bonchev–Trinajstić information content (AvgIpc) is 2.97. The summed E-state index contributed by atoms with van der Waals surface area (Å²) in [6.07, 6.45) is 4.65. The van der Waals surface area contributed by atoms with Gasteiger partial charge < -0.3 is 9.80 Å². The van der Waals surface area contributed by atoms with Gasteiger partial charge in [0.25, 0.3) is 0 Å². The molecule has 1 aliphatic heterocycles. The highest BCUT2D eigenvalue weighted by atomic mass is 32.1. The molecular formula is C16H22N4OS. The molecule has 0 aliphatic carbocycles. The molecule has 5 nitrogen and oxygen atoms in total. The number of hydrogen-bond acceptors (Lipinski definition) is 5. The average molecular weight is 318 g/mol. The maximum Gasteiger partial charge on any atom is 0.226 e. The van der Waals surface area contributed by atoms with Crippen LogP contribution in [0.15, 0.2) is 12.4 Å². The van der Waals surface area contributed by atoms with Crippen LogP contribution in [-0.2, 0) is 11.2 Å². The summed E-state index contributed by atoms with van der Waals surface area (Å²) in [5.74, 6) is 1.27. The van der Waals surface area contributed by atoms with Gasteiger partial charge in [0.1, 0.15) is 17.0 Å². The summed E-state index contributed by atoms with van der Waals surface area (Å²) in [5, 5.41) is 1.13. The molecular weight excluding hydrogens is 296 g/mol. The molecule has 1 amide bonds. The Bertz CT molecular complexity index is 682. The summed E-state index contributed by atoms with van der Waals surface area (Å²) in [4.78, 5) is 27.5. The zero-order chi connectivity index (χ0) is 15.7. The number of amides is 1. The maximum absolute atomic E-state index is 12.3. The first kappa shape index (κ1) is 15.2. The first-order valence-corrected chi connectivity index (χ1v) is 8.61. The van der Waals surface area contributed by atoms with E-state index in [2.05, 4.69) is 27.9 Å². The van der Waals surface area contributed by atoms with Gasteiger partial charge in [0.05, 0.1) is 11.3 Å².